The summed E-state index contributed by atoms with van der Waals surface area (Å²) < 4.78 is 0.735. The van der Waals surface area contributed by atoms with E-state index in [4.69, 9.17) is 12.2 Å². The summed E-state index contributed by atoms with van der Waals surface area (Å²) >= 11 is 6.74. The van der Waals surface area contributed by atoms with Gasteiger partial charge in [-0.25, -0.2) is 0 Å². The smallest absolute Gasteiger partial charge is 0.237 e. The van der Waals surface area contributed by atoms with Gasteiger partial charge in [-0.3, -0.25) is 9.59 Å². The number of nitrogens with zero attached hydrogens (tertiary/aromatic N) is 1. The maximum Gasteiger partial charge on any atom is 0.237 e. The molecule has 0 heterocycles. The van der Waals surface area contributed by atoms with E-state index in [1.807, 2.05) is 25.7 Å². The number of carbonyl (C=O) groups is 2. The van der Waals surface area contributed by atoms with Crippen molar-refractivity contribution >= 4 is 51.5 Å². The zero-order valence-corrected chi connectivity index (χ0v) is 15.5. The molecule has 0 aromatic heterocycles. The number of benzene rings is 1. The number of thiocarbonyl (C=S) groups is 1. The van der Waals surface area contributed by atoms with Gasteiger partial charge >= 0.3 is 0 Å². The molecule has 0 spiro atoms. The van der Waals surface area contributed by atoms with E-state index >= 15 is 0 Å². The Morgan fingerprint density at radius 3 is 2.04 bits per heavy atom. The highest BCUT2D eigenvalue weighted by molar-refractivity contribution is 8.23. The van der Waals surface area contributed by atoms with Gasteiger partial charge in [0.15, 0.2) is 0 Å². The van der Waals surface area contributed by atoms with E-state index in [1.165, 1.54) is 18.7 Å². The quantitative estimate of drug-likeness (QED) is 0.768. The molecule has 0 aliphatic heterocycles. The van der Waals surface area contributed by atoms with E-state index in [1.54, 1.807) is 24.3 Å². The van der Waals surface area contributed by atoms with E-state index in [0.717, 1.165) is 17.4 Å². The first-order valence-electron chi connectivity index (χ1n) is 7.51. The van der Waals surface area contributed by atoms with Crippen LogP contribution in [0.3, 0.4) is 0 Å². The molecular weight excluding hydrogens is 330 g/mol. The summed E-state index contributed by atoms with van der Waals surface area (Å²) in [5, 5.41) is 5.25. The van der Waals surface area contributed by atoms with E-state index < -0.39 is 0 Å². The van der Waals surface area contributed by atoms with Gasteiger partial charge in [-0.2, -0.15) is 0 Å². The van der Waals surface area contributed by atoms with Crippen LogP contribution in [0.4, 0.5) is 11.4 Å². The van der Waals surface area contributed by atoms with Gasteiger partial charge in [0.05, 0.1) is 5.25 Å². The Morgan fingerprint density at radius 1 is 1.13 bits per heavy atom. The van der Waals surface area contributed by atoms with Crippen LogP contribution in [0.2, 0.25) is 0 Å². The zero-order chi connectivity index (χ0) is 17.4. The Hall–Kier alpha value is -1.60. The van der Waals surface area contributed by atoms with Crippen LogP contribution < -0.4 is 10.6 Å². The molecule has 126 valence electrons. The summed E-state index contributed by atoms with van der Waals surface area (Å²) in [7, 11) is 0. The first-order chi connectivity index (χ1) is 10.9. The fourth-order valence-electron chi connectivity index (χ4n) is 1.85. The number of amides is 2. The number of thioether (sulfide) groups is 1. The molecule has 0 fully saturated rings. The van der Waals surface area contributed by atoms with Crippen molar-refractivity contribution in [2.75, 3.05) is 23.7 Å². The van der Waals surface area contributed by atoms with Crippen LogP contribution in [-0.4, -0.2) is 39.4 Å². The molecule has 2 amide bonds. The van der Waals surface area contributed by atoms with E-state index in [-0.39, 0.29) is 17.1 Å². The summed E-state index contributed by atoms with van der Waals surface area (Å²) in [6.45, 7) is 9.03. The number of carbonyl (C=O) groups excluding carboxylic acids is 2. The lowest BCUT2D eigenvalue weighted by atomic mass is 10.2. The molecule has 0 unspecified atom stereocenters. The van der Waals surface area contributed by atoms with Crippen LogP contribution in [0, 0.1) is 0 Å². The molecule has 7 heteroatoms. The van der Waals surface area contributed by atoms with Gasteiger partial charge in [0.2, 0.25) is 11.8 Å². The first-order valence-corrected chi connectivity index (χ1v) is 8.80. The third-order valence-electron chi connectivity index (χ3n) is 3.14. The van der Waals surface area contributed by atoms with Crippen molar-refractivity contribution in [3.63, 3.8) is 0 Å². The number of anilines is 2. The molecule has 1 rings (SSSR count). The van der Waals surface area contributed by atoms with Crippen molar-refractivity contribution < 1.29 is 9.59 Å². The number of nitrogens with one attached hydrogen (secondary N) is 2. The van der Waals surface area contributed by atoms with Gasteiger partial charge in [0.25, 0.3) is 0 Å². The largest absolute Gasteiger partial charge is 0.358 e. The van der Waals surface area contributed by atoms with Crippen molar-refractivity contribution in [1.29, 1.82) is 0 Å². The second-order valence-corrected chi connectivity index (χ2v) is 6.92. The van der Waals surface area contributed by atoms with E-state index in [9.17, 15) is 9.59 Å². The molecule has 1 atom stereocenters. The monoisotopic (exact) mass is 353 g/mol. The molecule has 1 aromatic rings. The lowest BCUT2D eigenvalue weighted by Crippen LogP contribution is -2.31. The molecule has 0 radical (unpaired) electrons. The molecule has 23 heavy (non-hydrogen) atoms. The third-order valence-corrected chi connectivity index (χ3v) is 4.72. The Labute approximate surface area is 147 Å². The minimum atomic E-state index is -0.280. The molecule has 0 aliphatic carbocycles. The lowest BCUT2D eigenvalue weighted by Gasteiger charge is -2.22. The predicted octanol–water partition coefficient (Wildman–Crippen LogP) is 3.33. The number of hydrogen-bond acceptors (Lipinski definition) is 4. The van der Waals surface area contributed by atoms with Gasteiger partial charge in [-0.05, 0) is 45.0 Å². The van der Waals surface area contributed by atoms with Crippen LogP contribution in [0.25, 0.3) is 0 Å². The van der Waals surface area contributed by atoms with Crippen LogP contribution in [0.15, 0.2) is 24.3 Å². The van der Waals surface area contributed by atoms with Crippen LogP contribution in [-0.2, 0) is 9.59 Å². The lowest BCUT2D eigenvalue weighted by molar-refractivity contribution is -0.115. The standard InChI is InChI=1S/C16H23N3O2S2/c1-5-19(6-2)16(22)23-11(3)15(21)18-14-9-7-13(8-10-14)17-12(4)20/h7-11H,5-6H2,1-4H3,(H,17,20)(H,18,21)/t11-/m1/s1. The maximum atomic E-state index is 12.2. The fourth-order valence-corrected chi connectivity index (χ4v) is 3.41. The maximum absolute atomic E-state index is 12.2. The van der Waals surface area contributed by atoms with E-state index in [0.29, 0.717) is 11.4 Å². The van der Waals surface area contributed by atoms with Crippen LogP contribution >= 0.6 is 24.0 Å². The second-order valence-electron chi connectivity index (χ2n) is 4.95. The Kier molecular flexibility index (Phi) is 8.05. The minimum Gasteiger partial charge on any atom is -0.358 e. The van der Waals surface area contributed by atoms with Gasteiger partial charge in [0.1, 0.15) is 4.32 Å². The zero-order valence-electron chi connectivity index (χ0n) is 13.9. The second kappa shape index (κ2) is 9.52. The third kappa shape index (κ3) is 6.58. The number of hydrogen-bond donors (Lipinski definition) is 2. The SMILES string of the molecule is CCN(CC)C(=S)S[C@H](C)C(=O)Nc1ccc(NC(C)=O)cc1. The van der Waals surface area contributed by atoms with Gasteiger partial charge in [-0.15, -0.1) is 0 Å². The summed E-state index contributed by atoms with van der Waals surface area (Å²) in [6, 6.07) is 7.00. The van der Waals surface area contributed by atoms with Gasteiger partial charge < -0.3 is 15.5 Å². The predicted molar refractivity (Wildman–Crippen MR) is 102 cm³/mol. The molecular formula is C16H23N3O2S2. The van der Waals surface area contributed by atoms with Crippen molar-refractivity contribution in [1.82, 2.24) is 4.90 Å². The van der Waals surface area contributed by atoms with E-state index in [2.05, 4.69) is 10.6 Å². The molecule has 5 nitrogen and oxygen atoms in total. The molecule has 0 saturated heterocycles. The van der Waals surface area contributed by atoms with Crippen LogP contribution in [0.5, 0.6) is 0 Å². The summed E-state index contributed by atoms with van der Waals surface area (Å²) in [5.41, 5.74) is 1.38. The van der Waals surface area contributed by atoms with Gasteiger partial charge in [0, 0.05) is 31.4 Å². The summed E-state index contributed by atoms with van der Waals surface area (Å²) in [5.74, 6) is -0.228. The highest BCUT2D eigenvalue weighted by Gasteiger charge is 2.18. The van der Waals surface area contributed by atoms with Crippen molar-refractivity contribution in [2.24, 2.45) is 0 Å². The highest BCUT2D eigenvalue weighted by Crippen LogP contribution is 2.19. The highest BCUT2D eigenvalue weighted by atomic mass is 32.2. The molecule has 0 saturated carbocycles. The minimum absolute atomic E-state index is 0.100. The average Bonchev–Trinajstić information content (AvgIpc) is 2.49. The normalized spacial score (nSPS) is 11.5. The molecule has 2 N–H and O–H groups in total. The van der Waals surface area contributed by atoms with Crippen molar-refractivity contribution in [2.45, 2.75) is 32.9 Å². The Bertz CT molecular complexity index is 557. The number of rotatable bonds is 6. The fraction of sp³-hybridized carbons (Fsp3) is 0.438. The van der Waals surface area contributed by atoms with Crippen molar-refractivity contribution in [3.05, 3.63) is 24.3 Å². The summed E-state index contributed by atoms with van der Waals surface area (Å²) in [6.07, 6.45) is 0. The average molecular weight is 354 g/mol. The van der Waals surface area contributed by atoms with Crippen LogP contribution in [0.1, 0.15) is 27.7 Å². The van der Waals surface area contributed by atoms with Crippen molar-refractivity contribution in [3.8, 4) is 0 Å². The Balaban J connectivity index is 2.57. The van der Waals surface area contributed by atoms with Gasteiger partial charge in [-0.1, -0.05) is 24.0 Å². The topological polar surface area (TPSA) is 61.4 Å². The summed E-state index contributed by atoms with van der Waals surface area (Å²) in [4.78, 5) is 25.3. The molecule has 0 bridgehead atoms. The molecule has 0 aliphatic rings. The first kappa shape index (κ1) is 19.4. The molecule has 1 aromatic carbocycles. The Morgan fingerprint density at radius 2 is 1.61 bits per heavy atom.